The molecule has 2 rings (SSSR count). The van der Waals surface area contributed by atoms with E-state index in [2.05, 4.69) is 29.1 Å². The van der Waals surface area contributed by atoms with Gasteiger partial charge in [0.15, 0.2) is 0 Å². The fourth-order valence-corrected chi connectivity index (χ4v) is 2.03. The minimum atomic E-state index is -0.0801. The molecule has 0 saturated heterocycles. The number of pyridine rings is 1. The third-order valence-electron chi connectivity index (χ3n) is 3.72. The fourth-order valence-electron chi connectivity index (χ4n) is 2.03. The molecule has 0 spiro atoms. The number of aromatic nitrogens is 1. The third kappa shape index (κ3) is 3.33. The Morgan fingerprint density at radius 1 is 1.58 bits per heavy atom. The van der Waals surface area contributed by atoms with Crippen molar-refractivity contribution < 1.29 is 4.79 Å². The summed E-state index contributed by atoms with van der Waals surface area (Å²) in [6.45, 7) is 3.19. The number of nitrogens with two attached hydrogens (primary N) is 1. The molecule has 1 saturated carbocycles. The van der Waals surface area contributed by atoms with Gasteiger partial charge in [-0.3, -0.25) is 9.78 Å². The zero-order chi connectivity index (χ0) is 13.7. The van der Waals surface area contributed by atoms with Gasteiger partial charge in [0.1, 0.15) is 0 Å². The molecule has 19 heavy (non-hydrogen) atoms. The number of hydrogen-bond acceptors (Lipinski definition) is 3. The van der Waals surface area contributed by atoms with Gasteiger partial charge in [-0.25, -0.2) is 0 Å². The standard InChI is InChI=1S/C15H19N3O/c1-2-15(6-7-15)11-18-14(19)13-5-9-17-10-12(13)4-3-8-16/h5,9-10H,2,6-8,11,16H2,1H3,(H,18,19). The van der Waals surface area contributed by atoms with E-state index in [1.165, 1.54) is 12.8 Å². The summed E-state index contributed by atoms with van der Waals surface area (Å²) in [5.74, 6) is 5.56. The maximum absolute atomic E-state index is 12.2. The first-order valence-electron chi connectivity index (χ1n) is 6.62. The van der Waals surface area contributed by atoms with Crippen molar-refractivity contribution >= 4 is 5.91 Å². The average Bonchev–Trinajstić information content (AvgIpc) is 3.23. The minimum Gasteiger partial charge on any atom is -0.351 e. The molecule has 100 valence electrons. The molecule has 1 aliphatic carbocycles. The molecule has 0 aromatic carbocycles. The highest BCUT2D eigenvalue weighted by Crippen LogP contribution is 2.47. The van der Waals surface area contributed by atoms with Crippen LogP contribution < -0.4 is 11.1 Å². The van der Waals surface area contributed by atoms with Crippen molar-refractivity contribution in [2.45, 2.75) is 26.2 Å². The summed E-state index contributed by atoms with van der Waals surface area (Å²) in [5.41, 5.74) is 6.89. The van der Waals surface area contributed by atoms with Crippen LogP contribution in [0.2, 0.25) is 0 Å². The van der Waals surface area contributed by atoms with Crippen LogP contribution in [0.25, 0.3) is 0 Å². The summed E-state index contributed by atoms with van der Waals surface area (Å²) in [6, 6.07) is 1.70. The lowest BCUT2D eigenvalue weighted by atomic mass is 10.0. The molecule has 1 aliphatic rings. The summed E-state index contributed by atoms with van der Waals surface area (Å²) in [4.78, 5) is 16.2. The topological polar surface area (TPSA) is 68.0 Å². The van der Waals surface area contributed by atoms with Crippen molar-refractivity contribution in [1.82, 2.24) is 10.3 Å². The lowest BCUT2D eigenvalue weighted by Crippen LogP contribution is -2.30. The normalized spacial score (nSPS) is 15.3. The zero-order valence-corrected chi connectivity index (χ0v) is 11.2. The minimum absolute atomic E-state index is 0.0801. The van der Waals surface area contributed by atoms with E-state index in [0.29, 0.717) is 16.5 Å². The number of nitrogens with zero attached hydrogens (tertiary/aromatic N) is 1. The van der Waals surface area contributed by atoms with Crippen LogP contribution >= 0.6 is 0 Å². The van der Waals surface area contributed by atoms with Crippen molar-refractivity contribution in [3.8, 4) is 11.8 Å². The predicted octanol–water partition coefficient (Wildman–Crippen LogP) is 1.31. The van der Waals surface area contributed by atoms with Crippen LogP contribution in [-0.2, 0) is 0 Å². The SMILES string of the molecule is CCC1(CNC(=O)c2ccncc2C#CCN)CC1. The number of carbonyl (C=O) groups excluding carboxylic acids is 1. The van der Waals surface area contributed by atoms with E-state index < -0.39 is 0 Å². The van der Waals surface area contributed by atoms with Crippen LogP contribution in [0.15, 0.2) is 18.5 Å². The molecule has 0 atom stereocenters. The van der Waals surface area contributed by atoms with Crippen LogP contribution in [0.1, 0.15) is 42.1 Å². The Bertz CT molecular complexity index is 524. The number of carbonyl (C=O) groups is 1. The molecule has 1 fully saturated rings. The van der Waals surface area contributed by atoms with Crippen molar-refractivity contribution in [3.63, 3.8) is 0 Å². The van der Waals surface area contributed by atoms with Crippen LogP contribution in [-0.4, -0.2) is 24.0 Å². The van der Waals surface area contributed by atoms with E-state index in [9.17, 15) is 4.79 Å². The highest BCUT2D eigenvalue weighted by atomic mass is 16.1. The summed E-state index contributed by atoms with van der Waals surface area (Å²) < 4.78 is 0. The van der Waals surface area contributed by atoms with Gasteiger partial charge in [-0.1, -0.05) is 18.8 Å². The van der Waals surface area contributed by atoms with Crippen LogP contribution in [0.3, 0.4) is 0 Å². The monoisotopic (exact) mass is 257 g/mol. The van der Waals surface area contributed by atoms with Crippen molar-refractivity contribution in [1.29, 1.82) is 0 Å². The van der Waals surface area contributed by atoms with Gasteiger partial charge in [-0.15, -0.1) is 0 Å². The van der Waals surface area contributed by atoms with Gasteiger partial charge < -0.3 is 11.1 Å². The summed E-state index contributed by atoms with van der Waals surface area (Å²) in [7, 11) is 0. The van der Waals surface area contributed by atoms with Gasteiger partial charge in [0.25, 0.3) is 5.91 Å². The smallest absolute Gasteiger partial charge is 0.252 e. The number of hydrogen-bond donors (Lipinski definition) is 2. The molecule has 4 nitrogen and oxygen atoms in total. The van der Waals surface area contributed by atoms with Crippen LogP contribution in [0.4, 0.5) is 0 Å². The van der Waals surface area contributed by atoms with E-state index >= 15 is 0 Å². The zero-order valence-electron chi connectivity index (χ0n) is 11.2. The predicted molar refractivity (Wildman–Crippen MR) is 74.5 cm³/mol. The van der Waals surface area contributed by atoms with Crippen molar-refractivity contribution in [3.05, 3.63) is 29.6 Å². The third-order valence-corrected chi connectivity index (χ3v) is 3.72. The van der Waals surface area contributed by atoms with E-state index in [0.717, 1.165) is 13.0 Å². The number of nitrogens with one attached hydrogen (secondary N) is 1. The Balaban J connectivity index is 2.06. The maximum Gasteiger partial charge on any atom is 0.252 e. The van der Waals surface area contributed by atoms with E-state index in [1.54, 1.807) is 18.5 Å². The second kappa shape index (κ2) is 5.85. The lowest BCUT2D eigenvalue weighted by molar-refractivity contribution is 0.0944. The molecule has 1 amide bonds. The molecule has 1 heterocycles. The summed E-state index contributed by atoms with van der Waals surface area (Å²) in [5, 5.41) is 3.00. The van der Waals surface area contributed by atoms with Crippen molar-refractivity contribution in [2.75, 3.05) is 13.1 Å². The maximum atomic E-state index is 12.2. The molecular formula is C15H19N3O. The molecule has 0 bridgehead atoms. The first kappa shape index (κ1) is 13.6. The Kier molecular flexibility index (Phi) is 4.18. The molecule has 4 heteroatoms. The largest absolute Gasteiger partial charge is 0.351 e. The van der Waals surface area contributed by atoms with Gasteiger partial charge in [-0.05, 0) is 30.7 Å². The van der Waals surface area contributed by atoms with Gasteiger partial charge in [0.2, 0.25) is 0 Å². The Hall–Kier alpha value is -1.86. The number of amides is 1. The molecule has 3 N–H and O–H groups in total. The van der Waals surface area contributed by atoms with Gasteiger partial charge in [-0.2, -0.15) is 0 Å². The molecule has 1 aromatic rings. The number of rotatable bonds is 4. The first-order valence-corrected chi connectivity index (χ1v) is 6.62. The Labute approximate surface area is 113 Å². The summed E-state index contributed by atoms with van der Waals surface area (Å²) >= 11 is 0. The van der Waals surface area contributed by atoms with Crippen molar-refractivity contribution in [2.24, 2.45) is 11.1 Å². The Morgan fingerprint density at radius 2 is 2.37 bits per heavy atom. The first-order chi connectivity index (χ1) is 9.21. The lowest BCUT2D eigenvalue weighted by Gasteiger charge is -2.13. The van der Waals surface area contributed by atoms with Gasteiger partial charge in [0.05, 0.1) is 17.7 Å². The molecule has 1 aromatic heterocycles. The molecule has 0 radical (unpaired) electrons. The van der Waals surface area contributed by atoms with Crippen LogP contribution in [0.5, 0.6) is 0 Å². The second-order valence-electron chi connectivity index (χ2n) is 4.96. The second-order valence-corrected chi connectivity index (χ2v) is 4.96. The quantitative estimate of drug-likeness (QED) is 0.799. The molecule has 0 aliphatic heterocycles. The summed E-state index contributed by atoms with van der Waals surface area (Å²) in [6.07, 6.45) is 6.74. The van der Waals surface area contributed by atoms with Crippen LogP contribution in [0, 0.1) is 17.3 Å². The van der Waals surface area contributed by atoms with E-state index in [1.807, 2.05) is 0 Å². The average molecular weight is 257 g/mol. The van der Waals surface area contributed by atoms with Gasteiger partial charge in [0, 0.05) is 18.9 Å². The fraction of sp³-hybridized carbons (Fsp3) is 0.467. The van der Waals surface area contributed by atoms with Gasteiger partial charge >= 0.3 is 0 Å². The molecular weight excluding hydrogens is 238 g/mol. The van der Waals surface area contributed by atoms with E-state index in [4.69, 9.17) is 5.73 Å². The molecule has 0 unspecified atom stereocenters. The highest BCUT2D eigenvalue weighted by Gasteiger charge is 2.40. The highest BCUT2D eigenvalue weighted by molar-refractivity contribution is 5.96. The Morgan fingerprint density at radius 3 is 3.00 bits per heavy atom. The van der Waals surface area contributed by atoms with E-state index in [-0.39, 0.29) is 12.5 Å².